The van der Waals surface area contributed by atoms with Crippen LogP contribution in [0.15, 0.2) is 12.4 Å². The molecule has 1 aromatic heterocycles. The number of likely N-dealkylation sites (N-methyl/N-ethyl adjacent to an activating group) is 1. The first-order valence-corrected chi connectivity index (χ1v) is 6.25. The molecule has 0 atom stereocenters. The van der Waals surface area contributed by atoms with E-state index in [1.807, 2.05) is 0 Å². The molecule has 1 saturated heterocycles. The third-order valence-corrected chi connectivity index (χ3v) is 3.25. The number of aromatic nitrogens is 2. The molecule has 5 nitrogen and oxygen atoms in total. The molecule has 6 heteroatoms. The van der Waals surface area contributed by atoms with Crippen molar-refractivity contribution >= 4 is 17.4 Å². The highest BCUT2D eigenvalue weighted by molar-refractivity contribution is 6.31. The van der Waals surface area contributed by atoms with Gasteiger partial charge in [-0.25, -0.2) is 9.97 Å². The molecule has 1 aromatic rings. The molecule has 1 aliphatic rings. The Morgan fingerprint density at radius 3 is 2.65 bits per heavy atom. The second-order valence-corrected chi connectivity index (χ2v) is 4.63. The van der Waals surface area contributed by atoms with Gasteiger partial charge in [-0.1, -0.05) is 11.6 Å². The van der Waals surface area contributed by atoms with E-state index >= 15 is 0 Å². The van der Waals surface area contributed by atoms with E-state index in [1.165, 1.54) is 0 Å². The van der Waals surface area contributed by atoms with Crippen LogP contribution in [0.25, 0.3) is 0 Å². The Kier molecular flexibility index (Phi) is 4.53. The summed E-state index contributed by atoms with van der Waals surface area (Å²) in [6.45, 7) is 6.42. The standard InChI is InChI=1S/C11H18ClN5/c1-16-6-8-17(9-7-16)5-4-15-11-10(12)13-2-3-14-11/h2-3H,4-9H2,1H3,(H,14,15). The average molecular weight is 256 g/mol. The summed E-state index contributed by atoms with van der Waals surface area (Å²) < 4.78 is 0. The van der Waals surface area contributed by atoms with Gasteiger partial charge in [0, 0.05) is 51.7 Å². The molecule has 0 unspecified atom stereocenters. The van der Waals surface area contributed by atoms with E-state index in [9.17, 15) is 0 Å². The van der Waals surface area contributed by atoms with Crippen molar-refractivity contribution in [1.29, 1.82) is 0 Å². The molecule has 0 aromatic carbocycles. The van der Waals surface area contributed by atoms with Gasteiger partial charge < -0.3 is 10.2 Å². The van der Waals surface area contributed by atoms with Crippen LogP contribution in [-0.4, -0.2) is 66.1 Å². The lowest BCUT2D eigenvalue weighted by molar-refractivity contribution is 0.158. The lowest BCUT2D eigenvalue weighted by atomic mass is 10.3. The normalized spacial score (nSPS) is 18.2. The minimum atomic E-state index is 0.436. The van der Waals surface area contributed by atoms with Gasteiger partial charge in [-0.3, -0.25) is 4.90 Å². The van der Waals surface area contributed by atoms with E-state index in [2.05, 4.69) is 32.1 Å². The summed E-state index contributed by atoms with van der Waals surface area (Å²) in [7, 11) is 2.16. The molecule has 1 N–H and O–H groups in total. The lowest BCUT2D eigenvalue weighted by Crippen LogP contribution is -2.45. The maximum absolute atomic E-state index is 5.91. The van der Waals surface area contributed by atoms with Crippen LogP contribution in [0.1, 0.15) is 0 Å². The van der Waals surface area contributed by atoms with Crippen molar-refractivity contribution in [2.24, 2.45) is 0 Å². The van der Waals surface area contributed by atoms with Gasteiger partial charge in [-0.2, -0.15) is 0 Å². The van der Waals surface area contributed by atoms with Crippen LogP contribution in [-0.2, 0) is 0 Å². The summed E-state index contributed by atoms with van der Waals surface area (Å²) >= 11 is 5.91. The van der Waals surface area contributed by atoms with Gasteiger partial charge in [-0.05, 0) is 7.05 Å². The van der Waals surface area contributed by atoms with Gasteiger partial charge >= 0.3 is 0 Å². The minimum Gasteiger partial charge on any atom is -0.366 e. The third kappa shape index (κ3) is 3.80. The lowest BCUT2D eigenvalue weighted by Gasteiger charge is -2.32. The van der Waals surface area contributed by atoms with Crippen LogP contribution < -0.4 is 5.32 Å². The number of nitrogens with zero attached hydrogens (tertiary/aromatic N) is 4. The Morgan fingerprint density at radius 1 is 1.24 bits per heavy atom. The van der Waals surface area contributed by atoms with Gasteiger partial charge in [0.1, 0.15) is 0 Å². The molecule has 0 bridgehead atoms. The fourth-order valence-corrected chi connectivity index (χ4v) is 2.02. The van der Waals surface area contributed by atoms with Crippen molar-refractivity contribution in [3.63, 3.8) is 0 Å². The predicted molar refractivity (Wildman–Crippen MR) is 69.5 cm³/mol. The number of piperazine rings is 1. The van der Waals surface area contributed by atoms with Crippen LogP contribution in [0.4, 0.5) is 5.82 Å². The monoisotopic (exact) mass is 255 g/mol. The smallest absolute Gasteiger partial charge is 0.171 e. The second-order valence-electron chi connectivity index (χ2n) is 4.27. The maximum atomic E-state index is 5.91. The van der Waals surface area contributed by atoms with Gasteiger partial charge in [-0.15, -0.1) is 0 Å². The van der Waals surface area contributed by atoms with E-state index in [0.29, 0.717) is 11.0 Å². The summed E-state index contributed by atoms with van der Waals surface area (Å²) in [5.41, 5.74) is 0. The van der Waals surface area contributed by atoms with Crippen molar-refractivity contribution in [2.75, 3.05) is 51.6 Å². The zero-order valence-electron chi connectivity index (χ0n) is 10.1. The Hall–Kier alpha value is -0.910. The summed E-state index contributed by atoms with van der Waals surface area (Å²) in [4.78, 5) is 12.9. The minimum absolute atomic E-state index is 0.436. The summed E-state index contributed by atoms with van der Waals surface area (Å²) in [5, 5.41) is 3.65. The van der Waals surface area contributed by atoms with E-state index in [1.54, 1.807) is 12.4 Å². The highest BCUT2D eigenvalue weighted by Crippen LogP contribution is 2.13. The quantitative estimate of drug-likeness (QED) is 0.862. The molecule has 0 amide bonds. The highest BCUT2D eigenvalue weighted by Gasteiger charge is 2.13. The highest BCUT2D eigenvalue weighted by atomic mass is 35.5. The molecule has 1 fully saturated rings. The van der Waals surface area contributed by atoms with Crippen LogP contribution in [0.3, 0.4) is 0 Å². The molecular formula is C11H18ClN5. The molecule has 17 heavy (non-hydrogen) atoms. The van der Waals surface area contributed by atoms with Crippen LogP contribution in [0.2, 0.25) is 5.15 Å². The predicted octanol–water partition coefficient (Wildman–Crippen LogP) is 0.789. The van der Waals surface area contributed by atoms with Gasteiger partial charge in [0.25, 0.3) is 0 Å². The fourth-order valence-electron chi connectivity index (χ4n) is 1.84. The van der Waals surface area contributed by atoms with Crippen LogP contribution in [0, 0.1) is 0 Å². The first kappa shape index (κ1) is 12.5. The van der Waals surface area contributed by atoms with E-state index in [0.717, 1.165) is 39.3 Å². The number of nitrogens with one attached hydrogen (secondary N) is 1. The van der Waals surface area contributed by atoms with Gasteiger partial charge in [0.2, 0.25) is 0 Å². The Bertz CT molecular complexity index is 351. The largest absolute Gasteiger partial charge is 0.366 e. The number of anilines is 1. The number of hydrogen-bond donors (Lipinski definition) is 1. The van der Waals surface area contributed by atoms with Crippen molar-refractivity contribution in [2.45, 2.75) is 0 Å². The first-order chi connectivity index (χ1) is 8.25. The zero-order valence-corrected chi connectivity index (χ0v) is 10.8. The topological polar surface area (TPSA) is 44.3 Å². The molecule has 2 rings (SSSR count). The molecule has 0 spiro atoms. The average Bonchev–Trinajstić information content (AvgIpc) is 2.34. The number of halogens is 1. The van der Waals surface area contributed by atoms with Crippen molar-refractivity contribution in [3.05, 3.63) is 17.5 Å². The molecule has 0 radical (unpaired) electrons. The van der Waals surface area contributed by atoms with Gasteiger partial charge in [0.05, 0.1) is 0 Å². The molecular weight excluding hydrogens is 238 g/mol. The Labute approximate surface area is 107 Å². The molecule has 1 aliphatic heterocycles. The SMILES string of the molecule is CN1CCN(CCNc2nccnc2Cl)CC1. The van der Waals surface area contributed by atoms with Crippen molar-refractivity contribution in [3.8, 4) is 0 Å². The Balaban J connectivity index is 1.71. The van der Waals surface area contributed by atoms with Crippen molar-refractivity contribution in [1.82, 2.24) is 19.8 Å². The second kappa shape index (κ2) is 6.14. The summed E-state index contributed by atoms with van der Waals surface area (Å²) in [5.74, 6) is 0.670. The maximum Gasteiger partial charge on any atom is 0.171 e. The number of hydrogen-bond acceptors (Lipinski definition) is 5. The number of rotatable bonds is 4. The van der Waals surface area contributed by atoms with Crippen LogP contribution >= 0.6 is 11.6 Å². The van der Waals surface area contributed by atoms with Gasteiger partial charge in [0.15, 0.2) is 11.0 Å². The van der Waals surface area contributed by atoms with Crippen LogP contribution in [0.5, 0.6) is 0 Å². The molecule has 0 saturated carbocycles. The summed E-state index contributed by atoms with van der Waals surface area (Å²) in [6, 6.07) is 0. The van der Waals surface area contributed by atoms with E-state index < -0.39 is 0 Å². The third-order valence-electron chi connectivity index (χ3n) is 2.97. The van der Waals surface area contributed by atoms with E-state index in [4.69, 9.17) is 11.6 Å². The van der Waals surface area contributed by atoms with E-state index in [-0.39, 0.29) is 0 Å². The van der Waals surface area contributed by atoms with Crippen molar-refractivity contribution < 1.29 is 0 Å². The molecule has 94 valence electrons. The first-order valence-electron chi connectivity index (χ1n) is 5.87. The molecule has 2 heterocycles. The summed E-state index contributed by atoms with van der Waals surface area (Å²) in [6.07, 6.45) is 3.23. The fraction of sp³-hybridized carbons (Fsp3) is 0.636. The Morgan fingerprint density at radius 2 is 1.94 bits per heavy atom. The zero-order chi connectivity index (χ0) is 12.1. The molecule has 0 aliphatic carbocycles.